The minimum atomic E-state index is -0.228. The van der Waals surface area contributed by atoms with E-state index < -0.39 is 0 Å². The zero-order chi connectivity index (χ0) is 19.7. The van der Waals surface area contributed by atoms with Gasteiger partial charge in [0.2, 0.25) is 11.4 Å². The van der Waals surface area contributed by atoms with Gasteiger partial charge in [-0.3, -0.25) is 9.59 Å². The molecule has 0 bridgehead atoms. The molecule has 2 aromatic carbocycles. The first-order valence-corrected chi connectivity index (χ1v) is 9.34. The molecule has 0 spiro atoms. The molecule has 0 aliphatic rings. The summed E-state index contributed by atoms with van der Waals surface area (Å²) in [5.74, 6) is 0. The molecule has 0 saturated carbocycles. The minimum Gasteiger partial charge on any atom is -0.446 e. The van der Waals surface area contributed by atoms with Crippen LogP contribution in [0.2, 0.25) is 0 Å². The van der Waals surface area contributed by atoms with Crippen LogP contribution in [-0.4, -0.2) is 18.8 Å². The lowest BCUT2D eigenvalue weighted by atomic mass is 9.96. The summed E-state index contributed by atoms with van der Waals surface area (Å²) in [6.45, 7) is 0. The van der Waals surface area contributed by atoms with Crippen LogP contribution in [0.3, 0.4) is 0 Å². The van der Waals surface area contributed by atoms with Gasteiger partial charge in [-0.2, -0.15) is 0 Å². The highest BCUT2D eigenvalue weighted by atomic mass is 16.3. The summed E-state index contributed by atoms with van der Waals surface area (Å²) >= 11 is 0. The number of fused-ring (bicyclic) bond motifs is 8. The minimum absolute atomic E-state index is 0.228. The van der Waals surface area contributed by atoms with Crippen molar-refractivity contribution in [2.45, 2.75) is 0 Å². The Morgan fingerprint density at radius 2 is 1.03 bits per heavy atom. The van der Waals surface area contributed by atoms with Gasteiger partial charge in [0.25, 0.3) is 11.1 Å². The molecule has 0 unspecified atom stereocenters. The standard InChI is InChI=1S/C22H8N4O4/c27-19-11-3-1-9-15-12(20(28)25-17(9)23-13-5-7-29-21(13)25)4-2-10(16(11)15)18-24-14-6-8-30-22(14)26(18)19/h1-8H. The van der Waals surface area contributed by atoms with Crippen molar-refractivity contribution in [2.24, 2.45) is 0 Å². The number of rotatable bonds is 0. The van der Waals surface area contributed by atoms with Crippen molar-refractivity contribution in [2.75, 3.05) is 0 Å². The van der Waals surface area contributed by atoms with Crippen LogP contribution in [0.1, 0.15) is 0 Å². The molecule has 6 heterocycles. The Kier molecular flexibility index (Phi) is 2.13. The molecule has 30 heavy (non-hydrogen) atoms. The number of benzene rings is 2. The fraction of sp³-hybridized carbons (Fsp3) is 0. The summed E-state index contributed by atoms with van der Waals surface area (Å²) in [7, 11) is 0. The molecule has 8 aromatic rings. The van der Waals surface area contributed by atoms with Crippen molar-refractivity contribution in [3.63, 3.8) is 0 Å². The van der Waals surface area contributed by atoms with E-state index in [2.05, 4.69) is 9.97 Å². The third kappa shape index (κ3) is 1.37. The van der Waals surface area contributed by atoms with Crippen LogP contribution in [0.15, 0.2) is 67.3 Å². The Hall–Kier alpha value is -4.46. The molecular formula is C22H8N4O4. The van der Waals surface area contributed by atoms with Crippen LogP contribution in [0.5, 0.6) is 0 Å². The van der Waals surface area contributed by atoms with Crippen LogP contribution in [0, 0.1) is 0 Å². The quantitative estimate of drug-likeness (QED) is 0.367. The molecule has 8 nitrogen and oxygen atoms in total. The first-order valence-electron chi connectivity index (χ1n) is 9.34. The lowest BCUT2D eigenvalue weighted by Crippen LogP contribution is -2.16. The number of furan rings is 2. The van der Waals surface area contributed by atoms with Crippen molar-refractivity contribution in [3.05, 3.63) is 69.6 Å². The number of hydrogen-bond donors (Lipinski definition) is 0. The zero-order valence-electron chi connectivity index (χ0n) is 15.0. The Labute approximate surface area is 163 Å². The lowest BCUT2D eigenvalue weighted by Gasteiger charge is -2.11. The SMILES string of the molecule is O=c1c2ccc3c4c(ccc(c24)c2nc4ccoc4n12)c(=O)n1c3nc2ccoc21. The van der Waals surface area contributed by atoms with E-state index in [1.54, 1.807) is 24.3 Å². The molecule has 140 valence electrons. The lowest BCUT2D eigenvalue weighted by molar-refractivity contribution is 0.597. The summed E-state index contributed by atoms with van der Waals surface area (Å²) in [5.41, 5.74) is 2.64. The van der Waals surface area contributed by atoms with Crippen LogP contribution in [0.4, 0.5) is 0 Å². The Morgan fingerprint density at radius 1 is 0.600 bits per heavy atom. The molecule has 0 N–H and O–H groups in total. The van der Waals surface area contributed by atoms with Gasteiger partial charge < -0.3 is 8.83 Å². The van der Waals surface area contributed by atoms with Gasteiger partial charge in [0.1, 0.15) is 11.0 Å². The molecule has 0 aliphatic carbocycles. The number of pyridine rings is 2. The third-order valence-corrected chi connectivity index (χ3v) is 6.04. The second kappa shape index (κ2) is 4.41. The van der Waals surface area contributed by atoms with Crippen molar-refractivity contribution < 1.29 is 8.83 Å². The maximum atomic E-state index is 13.4. The monoisotopic (exact) mass is 392 g/mol. The van der Waals surface area contributed by atoms with Crippen molar-refractivity contribution in [3.8, 4) is 0 Å². The summed E-state index contributed by atoms with van der Waals surface area (Å²) in [6.07, 6.45) is 3.03. The maximum absolute atomic E-state index is 13.4. The maximum Gasteiger partial charge on any atom is 0.267 e. The third-order valence-electron chi connectivity index (χ3n) is 6.04. The van der Waals surface area contributed by atoms with Gasteiger partial charge in [0.15, 0.2) is 11.3 Å². The van der Waals surface area contributed by atoms with Crippen LogP contribution in [0.25, 0.3) is 66.1 Å². The molecule has 0 amide bonds. The summed E-state index contributed by atoms with van der Waals surface area (Å²) in [5, 5.41) is 4.01. The van der Waals surface area contributed by atoms with E-state index in [-0.39, 0.29) is 11.1 Å². The Morgan fingerprint density at radius 3 is 1.50 bits per heavy atom. The van der Waals surface area contributed by atoms with Gasteiger partial charge >= 0.3 is 0 Å². The van der Waals surface area contributed by atoms with Crippen molar-refractivity contribution >= 4 is 66.1 Å². The van der Waals surface area contributed by atoms with Crippen molar-refractivity contribution in [1.82, 2.24) is 18.8 Å². The van der Waals surface area contributed by atoms with Crippen LogP contribution in [-0.2, 0) is 0 Å². The van der Waals surface area contributed by atoms with E-state index in [1.165, 1.54) is 21.3 Å². The first kappa shape index (κ1) is 14.5. The molecule has 0 radical (unpaired) electrons. The fourth-order valence-corrected chi connectivity index (χ4v) is 4.82. The van der Waals surface area contributed by atoms with Crippen LogP contribution >= 0.6 is 0 Å². The predicted octanol–water partition coefficient (Wildman–Crippen LogP) is 3.53. The normalized spacial score (nSPS) is 12.9. The van der Waals surface area contributed by atoms with Gasteiger partial charge in [-0.25, -0.2) is 18.8 Å². The van der Waals surface area contributed by atoms with E-state index in [1.807, 2.05) is 12.1 Å². The second-order valence-corrected chi connectivity index (χ2v) is 7.45. The average Bonchev–Trinajstić information content (AvgIpc) is 3.49. The summed E-state index contributed by atoms with van der Waals surface area (Å²) in [6, 6.07) is 10.7. The molecule has 0 aliphatic heterocycles. The molecule has 8 rings (SSSR count). The van der Waals surface area contributed by atoms with Gasteiger partial charge in [-0.15, -0.1) is 0 Å². The highest BCUT2D eigenvalue weighted by molar-refractivity contribution is 6.27. The van der Waals surface area contributed by atoms with Crippen molar-refractivity contribution in [1.29, 1.82) is 0 Å². The van der Waals surface area contributed by atoms with Gasteiger partial charge in [-0.05, 0) is 24.3 Å². The second-order valence-electron chi connectivity index (χ2n) is 7.45. The molecule has 0 atom stereocenters. The van der Waals surface area contributed by atoms with E-state index in [9.17, 15) is 9.59 Å². The smallest absolute Gasteiger partial charge is 0.267 e. The molecule has 0 saturated heterocycles. The average molecular weight is 392 g/mol. The topological polar surface area (TPSA) is 95.0 Å². The highest BCUT2D eigenvalue weighted by Crippen LogP contribution is 2.36. The van der Waals surface area contributed by atoms with Gasteiger partial charge in [-0.1, -0.05) is 0 Å². The van der Waals surface area contributed by atoms with Gasteiger partial charge in [0, 0.05) is 44.5 Å². The number of nitrogens with zero attached hydrogens (tertiary/aromatic N) is 4. The molecule has 8 heteroatoms. The number of hydrogen-bond acceptors (Lipinski definition) is 6. The summed E-state index contributed by atoms with van der Waals surface area (Å²) in [4.78, 5) is 35.9. The van der Waals surface area contributed by atoms with Gasteiger partial charge in [0.05, 0.1) is 12.5 Å². The number of imidazole rings is 2. The van der Waals surface area contributed by atoms with E-state index >= 15 is 0 Å². The van der Waals surface area contributed by atoms with E-state index in [0.717, 1.165) is 21.5 Å². The number of aromatic nitrogens is 4. The fourth-order valence-electron chi connectivity index (χ4n) is 4.82. The highest BCUT2D eigenvalue weighted by Gasteiger charge is 2.23. The Balaban J connectivity index is 1.76. The molecule has 0 fully saturated rings. The Bertz CT molecular complexity index is 1960. The van der Waals surface area contributed by atoms with E-state index in [0.29, 0.717) is 44.5 Å². The zero-order valence-corrected chi connectivity index (χ0v) is 15.0. The molecular weight excluding hydrogens is 384 g/mol. The molecule has 6 aromatic heterocycles. The predicted molar refractivity (Wildman–Crippen MR) is 111 cm³/mol. The van der Waals surface area contributed by atoms with Crippen LogP contribution < -0.4 is 11.1 Å². The van der Waals surface area contributed by atoms with E-state index in [4.69, 9.17) is 8.83 Å². The summed E-state index contributed by atoms with van der Waals surface area (Å²) < 4.78 is 14.0. The largest absolute Gasteiger partial charge is 0.446 e. The first-order chi connectivity index (χ1) is 14.7.